The predicted octanol–water partition coefficient (Wildman–Crippen LogP) is 6.19. The van der Waals surface area contributed by atoms with Gasteiger partial charge in [-0.05, 0) is 43.4 Å². The molecule has 1 atom stereocenters. The number of hydrogen-bond acceptors (Lipinski definition) is 4. The van der Waals surface area contributed by atoms with Crippen LogP contribution in [0.1, 0.15) is 69.0 Å². The summed E-state index contributed by atoms with van der Waals surface area (Å²) in [5.74, 6) is -1.49. The smallest absolute Gasteiger partial charge is 0.347 e. The van der Waals surface area contributed by atoms with Gasteiger partial charge < -0.3 is 5.11 Å². The van der Waals surface area contributed by atoms with E-state index in [9.17, 15) is 14.3 Å². The van der Waals surface area contributed by atoms with Crippen molar-refractivity contribution in [1.82, 2.24) is 9.97 Å². The molecule has 0 aromatic carbocycles. The predicted molar refractivity (Wildman–Crippen MR) is 107 cm³/mol. The van der Waals surface area contributed by atoms with E-state index >= 15 is 0 Å². The minimum atomic E-state index is -2.43. The van der Waals surface area contributed by atoms with E-state index in [0.717, 1.165) is 43.4 Å². The summed E-state index contributed by atoms with van der Waals surface area (Å²) in [5.41, 5.74) is -1.19. The Kier molecular flexibility index (Phi) is 9.15. The number of hydrogen-bond donors (Lipinski definition) is 1. The number of rotatable bonds is 13. The first-order valence-electron chi connectivity index (χ1n) is 9.45. The first kappa shape index (κ1) is 21.8. The maximum atomic E-state index is 14.8. The molecule has 148 valence electrons. The van der Waals surface area contributed by atoms with Gasteiger partial charge in [0.05, 0.1) is 0 Å². The zero-order valence-corrected chi connectivity index (χ0v) is 16.9. The Morgan fingerprint density at radius 3 is 2.22 bits per heavy atom. The van der Waals surface area contributed by atoms with Gasteiger partial charge in [-0.15, -0.1) is 11.3 Å². The molecule has 2 rings (SSSR count). The third-order valence-electron chi connectivity index (χ3n) is 4.71. The molecule has 0 spiro atoms. The molecular formula is C20H26ClFN2O2S. The summed E-state index contributed by atoms with van der Waals surface area (Å²) in [6.07, 6.45) is 12.9. The van der Waals surface area contributed by atoms with Crippen molar-refractivity contribution in [2.75, 3.05) is 0 Å². The van der Waals surface area contributed by atoms with Crippen LogP contribution in [0.3, 0.4) is 0 Å². The van der Waals surface area contributed by atoms with Crippen molar-refractivity contribution in [3.05, 3.63) is 45.6 Å². The lowest BCUT2D eigenvalue weighted by atomic mass is 9.94. The number of nitrogens with zero attached hydrogens (tertiary/aromatic N) is 2. The second-order valence-corrected chi connectivity index (χ2v) is 8.22. The summed E-state index contributed by atoms with van der Waals surface area (Å²) < 4.78 is 15.0. The second-order valence-electron chi connectivity index (χ2n) is 6.78. The minimum absolute atomic E-state index is 0.0612. The van der Waals surface area contributed by atoms with Crippen LogP contribution in [0.5, 0.6) is 0 Å². The standard InChI is InChI=1S/C20H26ClFN2O2S/c21-19-24-17(15-27-19)20(22,18(25)26)12-8-6-4-2-1-3-5-7-9-16-10-13-23-14-11-16/h10-11,13-15H,1-9,12H2,(H,25,26). The zero-order valence-electron chi connectivity index (χ0n) is 15.4. The molecule has 2 heterocycles. The van der Waals surface area contributed by atoms with Gasteiger partial charge in [0.2, 0.25) is 5.67 Å². The average Bonchev–Trinajstić information content (AvgIpc) is 3.10. The number of carboxylic acids is 1. The van der Waals surface area contributed by atoms with E-state index in [4.69, 9.17) is 11.6 Å². The summed E-state index contributed by atoms with van der Waals surface area (Å²) in [6.45, 7) is 0. The summed E-state index contributed by atoms with van der Waals surface area (Å²) in [6, 6.07) is 4.11. The van der Waals surface area contributed by atoms with E-state index in [1.807, 2.05) is 12.4 Å². The molecule has 0 aliphatic carbocycles. The van der Waals surface area contributed by atoms with Gasteiger partial charge in [-0.3, -0.25) is 4.98 Å². The van der Waals surface area contributed by atoms with Gasteiger partial charge in [0.1, 0.15) is 5.69 Å². The van der Waals surface area contributed by atoms with E-state index in [-0.39, 0.29) is 16.6 Å². The Morgan fingerprint density at radius 1 is 1.07 bits per heavy atom. The molecule has 0 bridgehead atoms. The highest BCUT2D eigenvalue weighted by Gasteiger charge is 2.42. The number of halogens is 2. The monoisotopic (exact) mass is 412 g/mol. The largest absolute Gasteiger partial charge is 0.479 e. The fourth-order valence-corrected chi connectivity index (χ4v) is 3.91. The highest BCUT2D eigenvalue weighted by molar-refractivity contribution is 7.14. The third kappa shape index (κ3) is 7.18. The minimum Gasteiger partial charge on any atom is -0.479 e. The van der Waals surface area contributed by atoms with Crippen molar-refractivity contribution in [3.63, 3.8) is 0 Å². The Morgan fingerprint density at radius 2 is 1.67 bits per heavy atom. The van der Waals surface area contributed by atoms with Crippen LogP contribution in [0.15, 0.2) is 29.9 Å². The molecule has 0 aliphatic heterocycles. The molecule has 2 aromatic rings. The molecule has 4 nitrogen and oxygen atoms in total. The molecule has 27 heavy (non-hydrogen) atoms. The Labute approximate surface area is 168 Å². The molecule has 0 fully saturated rings. The Hall–Kier alpha value is -1.53. The normalized spacial score (nSPS) is 13.4. The van der Waals surface area contributed by atoms with E-state index in [2.05, 4.69) is 22.1 Å². The number of aliphatic carboxylic acids is 1. The lowest BCUT2D eigenvalue weighted by molar-refractivity contribution is -0.152. The summed E-state index contributed by atoms with van der Waals surface area (Å²) >= 11 is 6.76. The molecule has 0 saturated carbocycles. The van der Waals surface area contributed by atoms with Gasteiger partial charge in [0.15, 0.2) is 4.47 Å². The fraction of sp³-hybridized carbons (Fsp3) is 0.550. The first-order chi connectivity index (χ1) is 13.0. The molecule has 1 N–H and O–H groups in total. The van der Waals surface area contributed by atoms with E-state index < -0.39 is 11.6 Å². The van der Waals surface area contributed by atoms with Crippen LogP contribution in [0.25, 0.3) is 0 Å². The van der Waals surface area contributed by atoms with Gasteiger partial charge in [-0.2, -0.15) is 0 Å². The van der Waals surface area contributed by atoms with Crippen LogP contribution in [-0.2, 0) is 16.9 Å². The topological polar surface area (TPSA) is 63.1 Å². The molecular weight excluding hydrogens is 387 g/mol. The van der Waals surface area contributed by atoms with Gasteiger partial charge in [-0.1, -0.05) is 50.1 Å². The van der Waals surface area contributed by atoms with Crippen LogP contribution >= 0.6 is 22.9 Å². The highest BCUT2D eigenvalue weighted by atomic mass is 35.5. The van der Waals surface area contributed by atoms with Crippen molar-refractivity contribution in [2.45, 2.75) is 69.9 Å². The number of pyridine rings is 1. The zero-order chi connectivity index (χ0) is 19.5. The molecule has 0 radical (unpaired) electrons. The van der Waals surface area contributed by atoms with Crippen LogP contribution in [0, 0.1) is 0 Å². The maximum Gasteiger partial charge on any atom is 0.347 e. The van der Waals surface area contributed by atoms with Gasteiger partial charge >= 0.3 is 5.97 Å². The fourth-order valence-electron chi connectivity index (χ4n) is 3.09. The highest BCUT2D eigenvalue weighted by Crippen LogP contribution is 2.34. The number of carbonyl (C=O) groups is 1. The summed E-state index contributed by atoms with van der Waals surface area (Å²) in [5, 5.41) is 10.6. The molecule has 0 saturated heterocycles. The number of aromatic nitrogens is 2. The van der Waals surface area contributed by atoms with Crippen molar-refractivity contribution >= 4 is 28.9 Å². The van der Waals surface area contributed by atoms with E-state index in [0.29, 0.717) is 6.42 Å². The lowest BCUT2D eigenvalue weighted by Gasteiger charge is -2.18. The molecule has 2 aromatic heterocycles. The van der Waals surface area contributed by atoms with Crippen molar-refractivity contribution in [1.29, 1.82) is 0 Å². The number of carboxylic acid groups (broad SMARTS) is 1. The summed E-state index contributed by atoms with van der Waals surface area (Å²) in [4.78, 5) is 19.2. The summed E-state index contributed by atoms with van der Waals surface area (Å²) in [7, 11) is 0. The van der Waals surface area contributed by atoms with Crippen LogP contribution in [0.2, 0.25) is 4.47 Å². The average molecular weight is 413 g/mol. The van der Waals surface area contributed by atoms with Crippen molar-refractivity contribution in [2.24, 2.45) is 0 Å². The van der Waals surface area contributed by atoms with Crippen LogP contribution in [0.4, 0.5) is 4.39 Å². The Bertz CT molecular complexity index is 698. The third-order valence-corrected chi connectivity index (χ3v) is 5.69. The van der Waals surface area contributed by atoms with Gasteiger partial charge in [0.25, 0.3) is 0 Å². The quantitative estimate of drug-likeness (QED) is 0.398. The van der Waals surface area contributed by atoms with Crippen molar-refractivity contribution < 1.29 is 14.3 Å². The van der Waals surface area contributed by atoms with E-state index in [1.54, 1.807) is 0 Å². The molecule has 7 heteroatoms. The second kappa shape index (κ2) is 11.3. The first-order valence-corrected chi connectivity index (χ1v) is 10.7. The van der Waals surface area contributed by atoms with Gasteiger partial charge in [0, 0.05) is 17.8 Å². The number of alkyl halides is 1. The van der Waals surface area contributed by atoms with Crippen LogP contribution < -0.4 is 0 Å². The number of aryl methyl sites for hydroxylation is 1. The lowest BCUT2D eigenvalue weighted by Crippen LogP contribution is -2.31. The van der Waals surface area contributed by atoms with E-state index in [1.165, 1.54) is 30.2 Å². The maximum absolute atomic E-state index is 14.8. The molecule has 1 unspecified atom stereocenters. The number of unbranched alkanes of at least 4 members (excludes halogenated alkanes) is 7. The van der Waals surface area contributed by atoms with Crippen LogP contribution in [-0.4, -0.2) is 21.0 Å². The van der Waals surface area contributed by atoms with Gasteiger partial charge in [-0.25, -0.2) is 14.2 Å². The Balaban J connectivity index is 1.54. The number of thiazole rings is 1. The molecule has 0 amide bonds. The SMILES string of the molecule is O=C(O)C(F)(CCCCCCCCCCc1ccncc1)c1csc(Cl)n1. The molecule has 0 aliphatic rings. The van der Waals surface area contributed by atoms with Crippen molar-refractivity contribution in [3.8, 4) is 0 Å².